The topological polar surface area (TPSA) is 35.8 Å². The Morgan fingerprint density at radius 1 is 1.31 bits per heavy atom. The van der Waals surface area contributed by atoms with Crippen LogP contribution in [0.15, 0.2) is 30.0 Å². The van der Waals surface area contributed by atoms with Crippen molar-refractivity contribution in [3.8, 4) is 6.07 Å². The van der Waals surface area contributed by atoms with Crippen molar-refractivity contribution in [2.75, 3.05) is 13.1 Å². The molecule has 0 aliphatic carbocycles. The lowest BCUT2D eigenvalue weighted by atomic mass is 10.2. The van der Waals surface area contributed by atoms with Crippen LogP contribution in [0.4, 0.5) is 0 Å². The average molecular weight is 218 g/mol. The molecule has 0 heterocycles. The van der Waals surface area contributed by atoms with Crippen molar-refractivity contribution >= 4 is 0 Å². The van der Waals surface area contributed by atoms with Crippen LogP contribution in [0.1, 0.15) is 39.0 Å². The minimum Gasteiger partial charge on any atom is -0.316 e. The molecule has 16 heavy (non-hydrogen) atoms. The van der Waals surface area contributed by atoms with Gasteiger partial charge in [0.1, 0.15) is 0 Å². The molecule has 0 fully saturated rings. The molecule has 0 atom stereocenters. The fraction of sp³-hybridized carbons (Fsp3) is 0.571. The summed E-state index contributed by atoms with van der Waals surface area (Å²) in [5, 5.41) is 11.8. The molecule has 0 aromatic heterocycles. The SMILES string of the molecule is C=CCCCCNCCC=C=C(C)CC#N. The second-order valence-corrected chi connectivity index (χ2v) is 3.79. The van der Waals surface area contributed by atoms with Gasteiger partial charge in [-0.1, -0.05) is 6.08 Å². The van der Waals surface area contributed by atoms with Gasteiger partial charge in [-0.2, -0.15) is 5.26 Å². The predicted molar refractivity (Wildman–Crippen MR) is 69.0 cm³/mol. The van der Waals surface area contributed by atoms with Crippen LogP contribution in [0.5, 0.6) is 0 Å². The van der Waals surface area contributed by atoms with E-state index in [-0.39, 0.29) is 0 Å². The number of rotatable bonds is 9. The molecular weight excluding hydrogens is 196 g/mol. The Balaban J connectivity index is 3.36. The first-order valence-electron chi connectivity index (χ1n) is 5.90. The third-order valence-corrected chi connectivity index (χ3v) is 2.17. The molecule has 0 bridgehead atoms. The molecule has 0 spiro atoms. The molecule has 0 amide bonds. The third-order valence-electron chi connectivity index (χ3n) is 2.17. The van der Waals surface area contributed by atoms with Crippen LogP contribution in [0, 0.1) is 11.3 Å². The van der Waals surface area contributed by atoms with E-state index in [1.54, 1.807) is 0 Å². The quantitative estimate of drug-likeness (QED) is 0.366. The highest BCUT2D eigenvalue weighted by molar-refractivity contribution is 5.04. The average Bonchev–Trinajstić information content (AvgIpc) is 2.27. The van der Waals surface area contributed by atoms with E-state index in [9.17, 15) is 0 Å². The normalized spacial score (nSPS) is 9.00. The molecule has 0 aliphatic rings. The molecule has 0 radical (unpaired) electrons. The van der Waals surface area contributed by atoms with E-state index < -0.39 is 0 Å². The molecule has 0 aliphatic heterocycles. The van der Waals surface area contributed by atoms with Gasteiger partial charge in [0.2, 0.25) is 0 Å². The summed E-state index contributed by atoms with van der Waals surface area (Å²) in [6, 6.07) is 2.10. The van der Waals surface area contributed by atoms with E-state index in [2.05, 4.69) is 23.7 Å². The minimum atomic E-state index is 0.478. The Bertz CT molecular complexity index is 278. The summed E-state index contributed by atoms with van der Waals surface area (Å²) >= 11 is 0. The molecule has 1 N–H and O–H groups in total. The number of unbranched alkanes of at least 4 members (excludes halogenated alkanes) is 2. The number of allylic oxidation sites excluding steroid dienone is 1. The Hall–Kier alpha value is -1.29. The zero-order valence-corrected chi connectivity index (χ0v) is 10.3. The van der Waals surface area contributed by atoms with Gasteiger partial charge in [-0.25, -0.2) is 0 Å². The van der Waals surface area contributed by atoms with Crippen molar-refractivity contribution < 1.29 is 0 Å². The number of hydrogen-bond acceptors (Lipinski definition) is 2. The second kappa shape index (κ2) is 11.8. The number of nitrogens with zero attached hydrogens (tertiary/aromatic N) is 1. The van der Waals surface area contributed by atoms with Gasteiger partial charge in [-0.05, 0) is 57.3 Å². The van der Waals surface area contributed by atoms with E-state index in [0.717, 1.165) is 31.5 Å². The van der Waals surface area contributed by atoms with Crippen molar-refractivity contribution in [1.82, 2.24) is 5.32 Å². The molecule has 88 valence electrons. The highest BCUT2D eigenvalue weighted by Gasteiger charge is 1.86. The molecule has 2 nitrogen and oxygen atoms in total. The molecule has 0 aromatic carbocycles. The lowest BCUT2D eigenvalue weighted by Crippen LogP contribution is -2.15. The van der Waals surface area contributed by atoms with E-state index in [1.807, 2.05) is 19.1 Å². The van der Waals surface area contributed by atoms with Gasteiger partial charge in [0.25, 0.3) is 0 Å². The second-order valence-electron chi connectivity index (χ2n) is 3.79. The summed E-state index contributed by atoms with van der Waals surface area (Å²) in [6.07, 6.45) is 8.95. The van der Waals surface area contributed by atoms with E-state index >= 15 is 0 Å². The highest BCUT2D eigenvalue weighted by atomic mass is 14.8. The molecule has 0 aromatic rings. The molecule has 0 unspecified atom stereocenters. The smallest absolute Gasteiger partial charge is 0.0672 e. The first-order valence-corrected chi connectivity index (χ1v) is 5.90. The van der Waals surface area contributed by atoms with Gasteiger partial charge in [-0.3, -0.25) is 0 Å². The third kappa shape index (κ3) is 10.8. The van der Waals surface area contributed by atoms with Crippen LogP contribution in [0.3, 0.4) is 0 Å². The molecule has 0 saturated heterocycles. The van der Waals surface area contributed by atoms with Gasteiger partial charge in [-0.15, -0.1) is 12.3 Å². The summed E-state index contributed by atoms with van der Waals surface area (Å²) in [4.78, 5) is 0. The number of nitrogens with one attached hydrogen (secondary N) is 1. The summed E-state index contributed by atoms with van der Waals surface area (Å²) < 4.78 is 0. The van der Waals surface area contributed by atoms with Crippen LogP contribution in [-0.4, -0.2) is 13.1 Å². The first-order chi connectivity index (χ1) is 7.81. The van der Waals surface area contributed by atoms with Crippen LogP contribution < -0.4 is 5.32 Å². The maximum Gasteiger partial charge on any atom is 0.0672 e. The number of hydrogen-bond donors (Lipinski definition) is 1. The highest BCUT2D eigenvalue weighted by Crippen LogP contribution is 1.95. The van der Waals surface area contributed by atoms with Crippen molar-refractivity contribution in [3.05, 3.63) is 30.0 Å². The lowest BCUT2D eigenvalue weighted by Gasteiger charge is -2.00. The summed E-state index contributed by atoms with van der Waals surface area (Å²) in [5.74, 6) is 0. The monoisotopic (exact) mass is 218 g/mol. The lowest BCUT2D eigenvalue weighted by molar-refractivity contribution is 0.631. The Morgan fingerprint density at radius 2 is 2.12 bits per heavy atom. The Labute approximate surface area is 99.4 Å². The zero-order chi connectivity index (χ0) is 12.1. The van der Waals surface area contributed by atoms with Gasteiger partial charge in [0, 0.05) is 0 Å². The van der Waals surface area contributed by atoms with Gasteiger partial charge in [0.15, 0.2) is 0 Å². The maximum absolute atomic E-state index is 8.44. The van der Waals surface area contributed by atoms with Crippen LogP contribution in [0.25, 0.3) is 0 Å². The van der Waals surface area contributed by atoms with Crippen molar-refractivity contribution in [3.63, 3.8) is 0 Å². The summed E-state index contributed by atoms with van der Waals surface area (Å²) in [7, 11) is 0. The van der Waals surface area contributed by atoms with Crippen molar-refractivity contribution in [1.29, 1.82) is 5.26 Å². The maximum atomic E-state index is 8.44. The largest absolute Gasteiger partial charge is 0.316 e. The van der Waals surface area contributed by atoms with Crippen LogP contribution >= 0.6 is 0 Å². The Kier molecular flexibility index (Phi) is 10.8. The summed E-state index contributed by atoms with van der Waals surface area (Å²) in [5.41, 5.74) is 4.12. The first kappa shape index (κ1) is 14.7. The standard InChI is InChI=1S/C14H22N2/c1-3-4-5-7-12-16-13-8-6-9-14(2)10-11-15/h3,6,16H,1,4-5,7-8,10,12-13H2,2H3. The molecule has 0 saturated carbocycles. The number of nitriles is 1. The van der Waals surface area contributed by atoms with Gasteiger partial charge >= 0.3 is 0 Å². The minimum absolute atomic E-state index is 0.478. The zero-order valence-electron chi connectivity index (χ0n) is 10.3. The van der Waals surface area contributed by atoms with E-state index in [1.165, 1.54) is 12.8 Å². The molecule has 2 heteroatoms. The Morgan fingerprint density at radius 3 is 2.81 bits per heavy atom. The van der Waals surface area contributed by atoms with Gasteiger partial charge < -0.3 is 5.32 Å². The van der Waals surface area contributed by atoms with E-state index in [4.69, 9.17) is 5.26 Å². The van der Waals surface area contributed by atoms with Crippen molar-refractivity contribution in [2.45, 2.75) is 39.0 Å². The predicted octanol–water partition coefficient (Wildman–Crippen LogP) is 3.34. The summed E-state index contributed by atoms with van der Waals surface area (Å²) in [6.45, 7) is 7.68. The van der Waals surface area contributed by atoms with Gasteiger partial charge in [0.05, 0.1) is 12.5 Å². The van der Waals surface area contributed by atoms with Crippen LogP contribution in [-0.2, 0) is 0 Å². The van der Waals surface area contributed by atoms with Crippen LogP contribution in [0.2, 0.25) is 0 Å². The molecular formula is C14H22N2. The fourth-order valence-corrected chi connectivity index (χ4v) is 1.25. The molecule has 0 rings (SSSR count). The fourth-order valence-electron chi connectivity index (χ4n) is 1.25. The van der Waals surface area contributed by atoms with Crippen molar-refractivity contribution in [2.24, 2.45) is 0 Å². The van der Waals surface area contributed by atoms with E-state index in [0.29, 0.717) is 6.42 Å².